The van der Waals surface area contributed by atoms with Crippen LogP contribution < -0.4 is 5.32 Å². The van der Waals surface area contributed by atoms with Crippen LogP contribution in [0.25, 0.3) is 11.3 Å². The molecule has 4 nitrogen and oxygen atoms in total. The van der Waals surface area contributed by atoms with E-state index in [1.165, 1.54) is 12.1 Å². The van der Waals surface area contributed by atoms with Gasteiger partial charge in [0, 0.05) is 10.6 Å². The van der Waals surface area contributed by atoms with Crippen LogP contribution in [0.5, 0.6) is 0 Å². The van der Waals surface area contributed by atoms with Crippen LogP contribution in [-0.2, 0) is 6.54 Å². The molecule has 1 N–H and O–H groups in total. The Balaban J connectivity index is 1.67. The first-order valence-electron chi connectivity index (χ1n) is 6.87. The summed E-state index contributed by atoms with van der Waals surface area (Å²) in [6, 6.07) is 13.4. The minimum absolute atomic E-state index is 0.0632. The number of carbonyl (C=O) groups excluding carboxylic acids is 1. The maximum absolute atomic E-state index is 13.7. The summed E-state index contributed by atoms with van der Waals surface area (Å²) in [5.74, 6) is -0.287. The zero-order chi connectivity index (χ0) is 16.2. The second-order valence-corrected chi connectivity index (χ2v) is 5.23. The molecule has 0 spiro atoms. The average Bonchev–Trinajstić information content (AvgIpc) is 3.02. The van der Waals surface area contributed by atoms with Crippen molar-refractivity contribution in [2.45, 2.75) is 6.54 Å². The molecule has 0 saturated heterocycles. The molecular weight excluding hydrogens is 319 g/mol. The third-order valence-corrected chi connectivity index (χ3v) is 3.42. The van der Waals surface area contributed by atoms with E-state index in [4.69, 9.17) is 16.0 Å². The van der Waals surface area contributed by atoms with Crippen molar-refractivity contribution in [3.05, 3.63) is 77.0 Å². The number of hydrogen-bond donors (Lipinski definition) is 1. The standard InChI is InChI=1S/C17H12ClFN2O2/c18-12-6-7-13(14(19)8-12)17(22)21-10-16-20-9-15(23-16)11-4-2-1-3-5-11/h1-9H,10H2,(H,21,22). The number of aromatic nitrogens is 1. The maximum Gasteiger partial charge on any atom is 0.254 e. The van der Waals surface area contributed by atoms with Crippen LogP contribution in [-0.4, -0.2) is 10.9 Å². The number of hydrogen-bond acceptors (Lipinski definition) is 3. The molecule has 0 unspecified atom stereocenters. The lowest BCUT2D eigenvalue weighted by Crippen LogP contribution is -2.23. The highest BCUT2D eigenvalue weighted by Gasteiger charge is 2.13. The van der Waals surface area contributed by atoms with E-state index < -0.39 is 11.7 Å². The molecule has 0 atom stereocenters. The van der Waals surface area contributed by atoms with E-state index in [2.05, 4.69) is 10.3 Å². The van der Waals surface area contributed by atoms with Crippen molar-refractivity contribution >= 4 is 17.5 Å². The Labute approximate surface area is 136 Å². The Kier molecular flexibility index (Phi) is 4.39. The van der Waals surface area contributed by atoms with Gasteiger partial charge in [-0.1, -0.05) is 41.9 Å². The Morgan fingerprint density at radius 1 is 1.22 bits per heavy atom. The lowest BCUT2D eigenvalue weighted by molar-refractivity contribution is 0.0943. The van der Waals surface area contributed by atoms with Crippen molar-refractivity contribution in [2.24, 2.45) is 0 Å². The molecule has 116 valence electrons. The van der Waals surface area contributed by atoms with E-state index in [-0.39, 0.29) is 17.1 Å². The predicted octanol–water partition coefficient (Wildman–Crippen LogP) is 4.06. The summed E-state index contributed by atoms with van der Waals surface area (Å²) in [6.07, 6.45) is 1.58. The lowest BCUT2D eigenvalue weighted by Gasteiger charge is -2.04. The summed E-state index contributed by atoms with van der Waals surface area (Å²) in [6.45, 7) is 0.0632. The molecule has 23 heavy (non-hydrogen) atoms. The summed E-state index contributed by atoms with van der Waals surface area (Å²) in [5.41, 5.74) is 0.811. The van der Waals surface area contributed by atoms with E-state index in [0.29, 0.717) is 11.7 Å². The summed E-state index contributed by atoms with van der Waals surface area (Å²) in [4.78, 5) is 16.1. The zero-order valence-corrected chi connectivity index (χ0v) is 12.7. The molecule has 1 heterocycles. The fourth-order valence-electron chi connectivity index (χ4n) is 2.05. The summed E-state index contributed by atoms with van der Waals surface area (Å²) >= 11 is 5.66. The van der Waals surface area contributed by atoms with Crippen LogP contribution in [0.3, 0.4) is 0 Å². The van der Waals surface area contributed by atoms with Gasteiger partial charge in [0.2, 0.25) is 5.89 Å². The Morgan fingerprint density at radius 2 is 2.00 bits per heavy atom. The number of nitrogens with one attached hydrogen (secondary N) is 1. The number of rotatable bonds is 4. The predicted molar refractivity (Wildman–Crippen MR) is 84.5 cm³/mol. The number of nitrogens with zero attached hydrogens (tertiary/aromatic N) is 1. The van der Waals surface area contributed by atoms with Crippen LogP contribution >= 0.6 is 11.6 Å². The largest absolute Gasteiger partial charge is 0.439 e. The minimum atomic E-state index is -0.674. The molecule has 0 radical (unpaired) electrons. The topological polar surface area (TPSA) is 55.1 Å². The van der Waals surface area contributed by atoms with Gasteiger partial charge < -0.3 is 9.73 Å². The van der Waals surface area contributed by atoms with Crippen molar-refractivity contribution in [3.63, 3.8) is 0 Å². The quantitative estimate of drug-likeness (QED) is 0.784. The van der Waals surface area contributed by atoms with Gasteiger partial charge in [-0.2, -0.15) is 0 Å². The molecular formula is C17H12ClFN2O2. The SMILES string of the molecule is O=C(NCc1ncc(-c2ccccc2)o1)c1ccc(Cl)cc1F. The Morgan fingerprint density at radius 3 is 2.74 bits per heavy atom. The van der Waals surface area contributed by atoms with Gasteiger partial charge in [0.05, 0.1) is 18.3 Å². The van der Waals surface area contributed by atoms with Crippen molar-refractivity contribution in [2.75, 3.05) is 0 Å². The fraction of sp³-hybridized carbons (Fsp3) is 0.0588. The molecule has 1 amide bonds. The van der Waals surface area contributed by atoms with Crippen molar-refractivity contribution < 1.29 is 13.6 Å². The number of benzene rings is 2. The van der Waals surface area contributed by atoms with E-state index in [0.717, 1.165) is 11.6 Å². The average molecular weight is 331 g/mol. The highest BCUT2D eigenvalue weighted by molar-refractivity contribution is 6.30. The normalized spacial score (nSPS) is 10.5. The van der Waals surface area contributed by atoms with Gasteiger partial charge in [-0.05, 0) is 18.2 Å². The first kappa shape index (κ1) is 15.2. The summed E-state index contributed by atoms with van der Waals surface area (Å²) in [7, 11) is 0. The van der Waals surface area contributed by atoms with Crippen molar-refractivity contribution in [3.8, 4) is 11.3 Å². The molecule has 0 aliphatic carbocycles. The number of oxazole rings is 1. The first-order chi connectivity index (χ1) is 11.1. The lowest BCUT2D eigenvalue weighted by atomic mass is 10.2. The monoisotopic (exact) mass is 330 g/mol. The van der Waals surface area contributed by atoms with Crippen LogP contribution in [0.2, 0.25) is 5.02 Å². The molecule has 0 aliphatic heterocycles. The van der Waals surface area contributed by atoms with E-state index in [9.17, 15) is 9.18 Å². The second kappa shape index (κ2) is 6.62. The van der Waals surface area contributed by atoms with Gasteiger partial charge >= 0.3 is 0 Å². The van der Waals surface area contributed by atoms with Crippen molar-refractivity contribution in [1.29, 1.82) is 0 Å². The third kappa shape index (κ3) is 3.57. The third-order valence-electron chi connectivity index (χ3n) is 3.19. The van der Waals surface area contributed by atoms with Crippen molar-refractivity contribution in [1.82, 2.24) is 10.3 Å². The van der Waals surface area contributed by atoms with Gasteiger partial charge in [-0.25, -0.2) is 9.37 Å². The molecule has 0 fully saturated rings. The summed E-state index contributed by atoms with van der Waals surface area (Å²) < 4.78 is 19.2. The Bertz CT molecular complexity index is 834. The zero-order valence-electron chi connectivity index (χ0n) is 11.9. The molecule has 3 aromatic rings. The van der Waals surface area contributed by atoms with Crippen LogP contribution in [0.4, 0.5) is 4.39 Å². The molecule has 3 rings (SSSR count). The highest BCUT2D eigenvalue weighted by Crippen LogP contribution is 2.20. The van der Waals surface area contributed by atoms with Crippen LogP contribution in [0.15, 0.2) is 59.1 Å². The van der Waals surface area contributed by atoms with E-state index >= 15 is 0 Å². The van der Waals surface area contributed by atoms with Crippen LogP contribution in [0.1, 0.15) is 16.2 Å². The molecule has 0 saturated carbocycles. The summed E-state index contributed by atoms with van der Waals surface area (Å²) in [5, 5.41) is 2.80. The second-order valence-electron chi connectivity index (χ2n) is 4.79. The minimum Gasteiger partial charge on any atom is -0.439 e. The highest BCUT2D eigenvalue weighted by atomic mass is 35.5. The number of carbonyl (C=O) groups is 1. The van der Waals surface area contributed by atoms with E-state index in [1.54, 1.807) is 6.20 Å². The molecule has 6 heteroatoms. The molecule has 1 aromatic heterocycles. The van der Waals surface area contributed by atoms with Gasteiger partial charge in [-0.15, -0.1) is 0 Å². The van der Waals surface area contributed by atoms with Gasteiger partial charge in [0.15, 0.2) is 5.76 Å². The molecule has 0 bridgehead atoms. The first-order valence-corrected chi connectivity index (χ1v) is 7.24. The van der Waals surface area contributed by atoms with Gasteiger partial charge in [0.25, 0.3) is 5.91 Å². The maximum atomic E-state index is 13.7. The number of halogens is 2. The van der Waals surface area contributed by atoms with E-state index in [1.807, 2.05) is 30.3 Å². The van der Waals surface area contributed by atoms with Crippen LogP contribution in [0, 0.1) is 5.82 Å². The fourth-order valence-corrected chi connectivity index (χ4v) is 2.21. The smallest absolute Gasteiger partial charge is 0.254 e. The number of amides is 1. The van der Waals surface area contributed by atoms with Gasteiger partial charge in [0.1, 0.15) is 5.82 Å². The van der Waals surface area contributed by atoms with Gasteiger partial charge in [-0.3, -0.25) is 4.79 Å². The Hall–Kier alpha value is -2.66. The molecule has 0 aliphatic rings. The molecule has 2 aromatic carbocycles.